The Morgan fingerprint density at radius 2 is 2.25 bits per heavy atom. The summed E-state index contributed by atoms with van der Waals surface area (Å²) in [7, 11) is 2.07. The normalized spacial score (nSPS) is 25.2. The van der Waals surface area contributed by atoms with E-state index in [1.807, 2.05) is 18.2 Å². The van der Waals surface area contributed by atoms with E-state index in [4.69, 9.17) is 11.6 Å². The Balaban J connectivity index is 1.99. The van der Waals surface area contributed by atoms with Gasteiger partial charge in [0.25, 0.3) is 0 Å². The fraction of sp³-hybridized carbons (Fsp3) is 0.538. The SMILES string of the molecule is CN(Cc1cccc(Cl)c1)[C@H]1CCC[C@@H]1O. The van der Waals surface area contributed by atoms with Gasteiger partial charge in [0.1, 0.15) is 0 Å². The summed E-state index contributed by atoms with van der Waals surface area (Å²) >= 11 is 5.95. The summed E-state index contributed by atoms with van der Waals surface area (Å²) in [5.41, 5.74) is 1.20. The summed E-state index contributed by atoms with van der Waals surface area (Å²) in [5, 5.41) is 10.6. The van der Waals surface area contributed by atoms with Crippen LogP contribution in [-0.2, 0) is 6.54 Å². The zero-order chi connectivity index (χ0) is 11.5. The van der Waals surface area contributed by atoms with Crippen LogP contribution < -0.4 is 0 Å². The monoisotopic (exact) mass is 239 g/mol. The van der Waals surface area contributed by atoms with E-state index in [0.717, 1.165) is 30.8 Å². The van der Waals surface area contributed by atoms with Crippen LogP contribution >= 0.6 is 11.6 Å². The van der Waals surface area contributed by atoms with Gasteiger partial charge in [-0.2, -0.15) is 0 Å². The van der Waals surface area contributed by atoms with Gasteiger partial charge in [-0.05, 0) is 44.0 Å². The Morgan fingerprint density at radius 3 is 2.88 bits per heavy atom. The molecule has 1 aromatic rings. The highest BCUT2D eigenvalue weighted by molar-refractivity contribution is 6.30. The van der Waals surface area contributed by atoms with E-state index in [0.29, 0.717) is 6.04 Å². The van der Waals surface area contributed by atoms with Gasteiger partial charge in [-0.3, -0.25) is 4.90 Å². The highest BCUT2D eigenvalue weighted by Crippen LogP contribution is 2.24. The van der Waals surface area contributed by atoms with Gasteiger partial charge in [0.05, 0.1) is 6.10 Å². The van der Waals surface area contributed by atoms with Crippen molar-refractivity contribution in [3.63, 3.8) is 0 Å². The van der Waals surface area contributed by atoms with Crippen molar-refractivity contribution in [2.45, 2.75) is 38.0 Å². The molecule has 2 nitrogen and oxygen atoms in total. The number of nitrogens with zero attached hydrogens (tertiary/aromatic N) is 1. The first-order chi connectivity index (χ1) is 7.66. The predicted octanol–water partition coefficient (Wildman–Crippen LogP) is 2.69. The summed E-state index contributed by atoms with van der Waals surface area (Å²) in [6, 6.07) is 8.22. The van der Waals surface area contributed by atoms with Gasteiger partial charge < -0.3 is 5.11 Å². The van der Waals surface area contributed by atoms with Crippen LogP contribution in [0.2, 0.25) is 5.02 Å². The number of hydrogen-bond donors (Lipinski definition) is 1. The molecule has 16 heavy (non-hydrogen) atoms. The average Bonchev–Trinajstić information content (AvgIpc) is 2.64. The molecular formula is C13H18ClNO. The standard InChI is InChI=1S/C13H18ClNO/c1-15(12-6-3-7-13(12)16)9-10-4-2-5-11(14)8-10/h2,4-5,8,12-13,16H,3,6-7,9H2,1H3/t12-,13-/m0/s1. The van der Waals surface area contributed by atoms with Crippen LogP contribution in [-0.4, -0.2) is 29.2 Å². The lowest BCUT2D eigenvalue weighted by Crippen LogP contribution is -2.36. The Morgan fingerprint density at radius 1 is 1.44 bits per heavy atom. The minimum Gasteiger partial charge on any atom is -0.391 e. The molecule has 2 rings (SSSR count). The topological polar surface area (TPSA) is 23.5 Å². The Labute approximate surface area is 102 Å². The van der Waals surface area contributed by atoms with Gasteiger partial charge in [-0.15, -0.1) is 0 Å². The summed E-state index contributed by atoms with van der Waals surface area (Å²) in [6.07, 6.45) is 3.00. The van der Waals surface area contributed by atoms with Crippen molar-refractivity contribution in [2.24, 2.45) is 0 Å². The molecule has 88 valence electrons. The van der Waals surface area contributed by atoms with Crippen LogP contribution in [0, 0.1) is 0 Å². The van der Waals surface area contributed by atoms with E-state index in [1.54, 1.807) is 0 Å². The third kappa shape index (κ3) is 2.76. The van der Waals surface area contributed by atoms with Gasteiger partial charge >= 0.3 is 0 Å². The molecule has 0 radical (unpaired) electrons. The molecule has 0 saturated heterocycles. The quantitative estimate of drug-likeness (QED) is 0.877. The Hall–Kier alpha value is -0.570. The summed E-state index contributed by atoms with van der Waals surface area (Å²) in [4.78, 5) is 2.23. The van der Waals surface area contributed by atoms with Crippen molar-refractivity contribution in [1.82, 2.24) is 4.90 Å². The molecule has 1 fully saturated rings. The van der Waals surface area contributed by atoms with Gasteiger partial charge in [0.15, 0.2) is 0 Å². The lowest BCUT2D eigenvalue weighted by atomic mass is 10.1. The van der Waals surface area contributed by atoms with E-state index in [-0.39, 0.29) is 6.10 Å². The molecule has 1 aliphatic carbocycles. The summed E-state index contributed by atoms with van der Waals surface area (Å²) < 4.78 is 0. The van der Waals surface area contributed by atoms with Crippen molar-refractivity contribution in [1.29, 1.82) is 0 Å². The number of benzene rings is 1. The number of rotatable bonds is 3. The number of aliphatic hydroxyl groups excluding tert-OH is 1. The van der Waals surface area contributed by atoms with E-state index in [9.17, 15) is 5.11 Å². The third-order valence-electron chi connectivity index (χ3n) is 3.33. The molecule has 3 heteroatoms. The number of likely N-dealkylation sites (N-methyl/N-ethyl adjacent to an activating group) is 1. The molecule has 0 heterocycles. The molecule has 0 amide bonds. The van der Waals surface area contributed by atoms with Crippen LogP contribution in [0.15, 0.2) is 24.3 Å². The maximum Gasteiger partial charge on any atom is 0.0695 e. The minimum absolute atomic E-state index is 0.163. The first-order valence-electron chi connectivity index (χ1n) is 5.79. The van der Waals surface area contributed by atoms with Crippen molar-refractivity contribution in [2.75, 3.05) is 7.05 Å². The maximum absolute atomic E-state index is 9.82. The molecule has 0 aromatic heterocycles. The van der Waals surface area contributed by atoms with Crippen LogP contribution in [0.1, 0.15) is 24.8 Å². The van der Waals surface area contributed by atoms with Crippen molar-refractivity contribution in [3.8, 4) is 0 Å². The van der Waals surface area contributed by atoms with Gasteiger partial charge in [-0.25, -0.2) is 0 Å². The minimum atomic E-state index is -0.163. The van der Waals surface area contributed by atoms with E-state index in [1.165, 1.54) is 5.56 Å². The van der Waals surface area contributed by atoms with Crippen LogP contribution in [0.25, 0.3) is 0 Å². The summed E-state index contributed by atoms with van der Waals surface area (Å²) in [6.45, 7) is 0.849. The second-order valence-corrected chi connectivity index (χ2v) is 5.05. The first kappa shape index (κ1) is 11.9. The molecule has 0 spiro atoms. The third-order valence-corrected chi connectivity index (χ3v) is 3.57. The number of halogens is 1. The highest BCUT2D eigenvalue weighted by atomic mass is 35.5. The van der Waals surface area contributed by atoms with Crippen molar-refractivity contribution >= 4 is 11.6 Å². The molecule has 1 aromatic carbocycles. The molecule has 1 N–H and O–H groups in total. The lowest BCUT2D eigenvalue weighted by Gasteiger charge is -2.27. The Kier molecular flexibility index (Phi) is 3.85. The van der Waals surface area contributed by atoms with Gasteiger partial charge in [-0.1, -0.05) is 23.7 Å². The Bertz CT molecular complexity index is 356. The molecular weight excluding hydrogens is 222 g/mol. The lowest BCUT2D eigenvalue weighted by molar-refractivity contribution is 0.0825. The van der Waals surface area contributed by atoms with Crippen LogP contribution in [0.5, 0.6) is 0 Å². The van der Waals surface area contributed by atoms with E-state index >= 15 is 0 Å². The fourth-order valence-electron chi connectivity index (χ4n) is 2.48. The molecule has 0 aliphatic heterocycles. The molecule has 2 atom stereocenters. The molecule has 0 bridgehead atoms. The highest BCUT2D eigenvalue weighted by Gasteiger charge is 2.28. The van der Waals surface area contributed by atoms with Gasteiger partial charge in [0, 0.05) is 17.6 Å². The predicted molar refractivity (Wildman–Crippen MR) is 66.6 cm³/mol. The largest absolute Gasteiger partial charge is 0.391 e. The van der Waals surface area contributed by atoms with Crippen LogP contribution in [0.4, 0.5) is 0 Å². The maximum atomic E-state index is 9.82. The van der Waals surface area contributed by atoms with Gasteiger partial charge in [0.2, 0.25) is 0 Å². The number of aliphatic hydroxyl groups is 1. The van der Waals surface area contributed by atoms with E-state index < -0.39 is 0 Å². The molecule has 1 saturated carbocycles. The summed E-state index contributed by atoms with van der Waals surface area (Å²) in [5.74, 6) is 0. The second kappa shape index (κ2) is 5.17. The van der Waals surface area contributed by atoms with Crippen molar-refractivity contribution < 1.29 is 5.11 Å². The number of hydrogen-bond acceptors (Lipinski definition) is 2. The first-order valence-corrected chi connectivity index (χ1v) is 6.17. The van der Waals surface area contributed by atoms with Crippen LogP contribution in [0.3, 0.4) is 0 Å². The smallest absolute Gasteiger partial charge is 0.0695 e. The molecule has 1 aliphatic rings. The average molecular weight is 240 g/mol. The molecule has 0 unspecified atom stereocenters. The second-order valence-electron chi connectivity index (χ2n) is 4.61. The zero-order valence-corrected chi connectivity index (χ0v) is 10.3. The zero-order valence-electron chi connectivity index (χ0n) is 9.56. The fourth-order valence-corrected chi connectivity index (χ4v) is 2.69. The van der Waals surface area contributed by atoms with Crippen molar-refractivity contribution in [3.05, 3.63) is 34.9 Å². The van der Waals surface area contributed by atoms with E-state index in [2.05, 4.69) is 18.0 Å².